The van der Waals surface area contributed by atoms with E-state index in [4.69, 9.17) is 13.9 Å². The van der Waals surface area contributed by atoms with E-state index >= 15 is 0 Å². The van der Waals surface area contributed by atoms with Gasteiger partial charge in [0.2, 0.25) is 15.9 Å². The van der Waals surface area contributed by atoms with Crippen molar-refractivity contribution >= 4 is 27.3 Å². The molecule has 0 N–H and O–H groups in total. The molecule has 31 heavy (non-hydrogen) atoms. The predicted molar refractivity (Wildman–Crippen MR) is 115 cm³/mol. The van der Waals surface area contributed by atoms with Crippen LogP contribution in [0.4, 0.5) is 0 Å². The van der Waals surface area contributed by atoms with Crippen molar-refractivity contribution < 1.29 is 27.1 Å². The zero-order valence-corrected chi connectivity index (χ0v) is 18.6. The fraction of sp³-hybridized carbons (Fsp3) is 0.333. The van der Waals surface area contributed by atoms with Crippen molar-refractivity contribution in [2.45, 2.75) is 30.8 Å². The molecule has 3 heterocycles. The molecule has 1 aromatic carbocycles. The summed E-state index contributed by atoms with van der Waals surface area (Å²) >= 11 is 1.05. The molecule has 1 fully saturated rings. The molecule has 4 rings (SSSR count). The van der Waals surface area contributed by atoms with Gasteiger partial charge in [-0.3, -0.25) is 0 Å². The van der Waals surface area contributed by atoms with Gasteiger partial charge in [0.1, 0.15) is 34.1 Å². The maximum absolute atomic E-state index is 12.9. The Kier molecular flexibility index (Phi) is 6.40. The molecular formula is C21H22N2O6S2. The summed E-state index contributed by atoms with van der Waals surface area (Å²) < 4.78 is 43.2. The molecule has 0 aliphatic carbocycles. The molecular weight excluding hydrogens is 440 g/mol. The summed E-state index contributed by atoms with van der Waals surface area (Å²) in [7, 11) is -2.13. The van der Waals surface area contributed by atoms with Crippen molar-refractivity contribution in [3.63, 3.8) is 0 Å². The smallest absolute Gasteiger partial charge is 0.350 e. The van der Waals surface area contributed by atoms with Gasteiger partial charge in [0.15, 0.2) is 0 Å². The van der Waals surface area contributed by atoms with Crippen LogP contribution in [0.15, 0.2) is 51.3 Å². The standard InChI is InChI=1S/C21H22N2O6S2/c1-27-17-7-5-15(6-8-17)20-22-16(13-28-20)14-29-21(24)19-18(9-12-30-19)31(25,26)23-10-3-2-4-11-23/h5-9,12-13H,2-4,10-11,14H2,1H3. The van der Waals surface area contributed by atoms with E-state index in [1.807, 2.05) is 12.1 Å². The van der Waals surface area contributed by atoms with Crippen LogP contribution in [0, 0.1) is 0 Å². The van der Waals surface area contributed by atoms with Crippen molar-refractivity contribution in [1.82, 2.24) is 9.29 Å². The van der Waals surface area contributed by atoms with E-state index in [1.54, 1.807) is 24.6 Å². The summed E-state index contributed by atoms with van der Waals surface area (Å²) in [4.78, 5) is 17.0. The average Bonchev–Trinajstić information content (AvgIpc) is 3.48. The van der Waals surface area contributed by atoms with Crippen LogP contribution in [-0.4, -0.2) is 43.9 Å². The maximum atomic E-state index is 12.9. The Balaban J connectivity index is 1.43. The van der Waals surface area contributed by atoms with Crippen LogP contribution in [-0.2, 0) is 21.4 Å². The van der Waals surface area contributed by atoms with Crippen LogP contribution >= 0.6 is 11.3 Å². The van der Waals surface area contributed by atoms with E-state index in [0.29, 0.717) is 24.7 Å². The summed E-state index contributed by atoms with van der Waals surface area (Å²) in [6.45, 7) is 0.819. The summed E-state index contributed by atoms with van der Waals surface area (Å²) in [6, 6.07) is 8.66. The lowest BCUT2D eigenvalue weighted by molar-refractivity contribution is 0.0469. The van der Waals surface area contributed by atoms with Gasteiger partial charge in [-0.2, -0.15) is 4.31 Å². The van der Waals surface area contributed by atoms with Crippen LogP contribution < -0.4 is 4.74 Å². The van der Waals surface area contributed by atoms with Crippen LogP contribution in [0.25, 0.3) is 11.5 Å². The summed E-state index contributed by atoms with van der Waals surface area (Å²) in [5.41, 5.74) is 1.18. The number of esters is 1. The Morgan fingerprint density at radius 3 is 2.61 bits per heavy atom. The number of carbonyl (C=O) groups excluding carboxylic acids is 1. The highest BCUT2D eigenvalue weighted by atomic mass is 32.2. The quantitative estimate of drug-likeness (QED) is 0.490. The monoisotopic (exact) mass is 462 g/mol. The first kappa shape index (κ1) is 21.5. The number of sulfonamides is 1. The van der Waals surface area contributed by atoms with Gasteiger partial charge >= 0.3 is 5.97 Å². The van der Waals surface area contributed by atoms with Crippen molar-refractivity contribution in [2.24, 2.45) is 0 Å². The van der Waals surface area contributed by atoms with Gasteiger partial charge in [-0.25, -0.2) is 18.2 Å². The Morgan fingerprint density at radius 1 is 1.16 bits per heavy atom. The first-order valence-corrected chi connectivity index (χ1v) is 12.1. The largest absolute Gasteiger partial charge is 0.497 e. The second kappa shape index (κ2) is 9.21. The first-order chi connectivity index (χ1) is 15.0. The Morgan fingerprint density at radius 2 is 1.90 bits per heavy atom. The van der Waals surface area contributed by atoms with Gasteiger partial charge in [-0.15, -0.1) is 11.3 Å². The van der Waals surface area contributed by atoms with Crippen LogP contribution in [0.3, 0.4) is 0 Å². The third kappa shape index (κ3) is 4.65. The lowest BCUT2D eigenvalue weighted by atomic mass is 10.2. The molecule has 8 nitrogen and oxygen atoms in total. The molecule has 0 unspecified atom stereocenters. The topological polar surface area (TPSA) is 98.9 Å². The molecule has 10 heteroatoms. The third-order valence-corrected chi connectivity index (χ3v) is 7.95. The number of methoxy groups -OCH3 is 1. The minimum atomic E-state index is -3.72. The molecule has 0 amide bonds. The summed E-state index contributed by atoms with van der Waals surface area (Å²) in [5.74, 6) is 0.411. The highest BCUT2D eigenvalue weighted by molar-refractivity contribution is 7.89. The number of aromatic nitrogens is 1. The van der Waals surface area contributed by atoms with Crippen LogP contribution in [0.2, 0.25) is 0 Å². The molecule has 1 aliphatic heterocycles. The number of nitrogens with zero attached hydrogens (tertiary/aromatic N) is 2. The van der Waals surface area contributed by atoms with E-state index < -0.39 is 16.0 Å². The minimum Gasteiger partial charge on any atom is -0.497 e. The Labute approximate surface area is 184 Å². The first-order valence-electron chi connectivity index (χ1n) is 9.82. The summed E-state index contributed by atoms with van der Waals surface area (Å²) in [5, 5.41) is 1.59. The van der Waals surface area contributed by atoms with Crippen molar-refractivity contribution in [3.05, 3.63) is 52.5 Å². The van der Waals surface area contributed by atoms with Crippen molar-refractivity contribution in [3.8, 4) is 17.2 Å². The molecule has 0 radical (unpaired) electrons. The van der Waals surface area contributed by atoms with E-state index in [-0.39, 0.29) is 16.4 Å². The lowest BCUT2D eigenvalue weighted by Crippen LogP contribution is -2.36. The van der Waals surface area contributed by atoms with Gasteiger partial charge in [-0.1, -0.05) is 6.42 Å². The molecule has 2 aromatic heterocycles. The van der Waals surface area contributed by atoms with Gasteiger partial charge < -0.3 is 13.9 Å². The number of carbonyl (C=O) groups is 1. The Hall–Kier alpha value is -2.69. The zero-order valence-electron chi connectivity index (χ0n) is 16.9. The number of ether oxygens (including phenoxy) is 2. The maximum Gasteiger partial charge on any atom is 0.350 e. The fourth-order valence-corrected chi connectivity index (χ4v) is 6.14. The van der Waals surface area contributed by atoms with Gasteiger partial charge in [0, 0.05) is 18.7 Å². The number of piperidine rings is 1. The van der Waals surface area contributed by atoms with Gasteiger partial charge in [0.25, 0.3) is 0 Å². The van der Waals surface area contributed by atoms with Crippen LogP contribution in [0.5, 0.6) is 5.75 Å². The minimum absolute atomic E-state index is 0.00322. The fourth-order valence-electron chi connectivity index (χ4n) is 3.34. The number of hydrogen-bond donors (Lipinski definition) is 0. The van der Waals surface area contributed by atoms with E-state index in [9.17, 15) is 13.2 Å². The zero-order chi connectivity index (χ0) is 21.8. The van der Waals surface area contributed by atoms with Gasteiger partial charge in [0.05, 0.1) is 7.11 Å². The van der Waals surface area contributed by atoms with Crippen LogP contribution in [0.1, 0.15) is 34.6 Å². The predicted octanol–water partition coefficient (Wildman–Crippen LogP) is 3.94. The van der Waals surface area contributed by atoms with Gasteiger partial charge in [-0.05, 0) is 48.6 Å². The highest BCUT2D eigenvalue weighted by Gasteiger charge is 2.31. The lowest BCUT2D eigenvalue weighted by Gasteiger charge is -2.25. The second-order valence-corrected chi connectivity index (χ2v) is 9.85. The summed E-state index contributed by atoms with van der Waals surface area (Å²) in [6.07, 6.45) is 4.07. The molecule has 1 aliphatic rings. The molecule has 1 saturated heterocycles. The van der Waals surface area contributed by atoms with Crippen molar-refractivity contribution in [1.29, 1.82) is 0 Å². The van der Waals surface area contributed by atoms with E-state index in [2.05, 4.69) is 4.98 Å². The van der Waals surface area contributed by atoms with Crippen molar-refractivity contribution in [2.75, 3.05) is 20.2 Å². The Bertz CT molecular complexity index is 1140. The SMILES string of the molecule is COc1ccc(-c2nc(COC(=O)c3sccc3S(=O)(=O)N3CCCCC3)co2)cc1. The molecule has 0 bridgehead atoms. The van der Waals surface area contributed by atoms with E-state index in [1.165, 1.54) is 16.6 Å². The second-order valence-electron chi connectivity index (χ2n) is 7.03. The molecule has 164 valence electrons. The molecule has 0 saturated carbocycles. The molecule has 3 aromatic rings. The highest BCUT2D eigenvalue weighted by Crippen LogP contribution is 2.28. The number of rotatable bonds is 7. The molecule has 0 atom stereocenters. The molecule has 0 spiro atoms. The third-order valence-electron chi connectivity index (χ3n) is 4.99. The number of hydrogen-bond acceptors (Lipinski definition) is 8. The number of thiophene rings is 1. The number of benzene rings is 1. The van der Waals surface area contributed by atoms with E-state index in [0.717, 1.165) is 41.9 Å². The average molecular weight is 463 g/mol. The normalized spacial score (nSPS) is 15.0. The number of oxazole rings is 1.